The predicted octanol–water partition coefficient (Wildman–Crippen LogP) is 2.87. The Hall–Kier alpha value is -0.740. The Morgan fingerprint density at radius 3 is 2.60 bits per heavy atom. The summed E-state index contributed by atoms with van der Waals surface area (Å²) in [6, 6.07) is 5.68. The van der Waals surface area contributed by atoms with Crippen LogP contribution in [0.5, 0.6) is 11.5 Å². The van der Waals surface area contributed by atoms with Gasteiger partial charge in [0.05, 0.1) is 13.7 Å². The smallest absolute Gasteiger partial charge is 0.162 e. The summed E-state index contributed by atoms with van der Waals surface area (Å²) in [5, 5.41) is 0. The lowest BCUT2D eigenvalue weighted by Gasteiger charge is -2.10. The quantitative estimate of drug-likeness (QED) is 0.747. The molecule has 0 heterocycles. The van der Waals surface area contributed by atoms with E-state index in [1.54, 1.807) is 14.2 Å². The van der Waals surface area contributed by atoms with Gasteiger partial charge in [0, 0.05) is 24.6 Å². The maximum Gasteiger partial charge on any atom is 0.162 e. The second-order valence-electron chi connectivity index (χ2n) is 2.99. The van der Waals surface area contributed by atoms with Gasteiger partial charge in [0.2, 0.25) is 0 Å². The third-order valence-corrected chi connectivity index (χ3v) is 2.37. The SMILES string of the molecule is COCCCOc1cc(Br)ccc1OC. The van der Waals surface area contributed by atoms with Crippen molar-refractivity contribution in [2.45, 2.75) is 6.42 Å². The average molecular weight is 275 g/mol. The van der Waals surface area contributed by atoms with E-state index in [1.807, 2.05) is 18.2 Å². The topological polar surface area (TPSA) is 27.7 Å². The van der Waals surface area contributed by atoms with Crippen molar-refractivity contribution in [3.05, 3.63) is 22.7 Å². The van der Waals surface area contributed by atoms with Crippen molar-refractivity contribution in [1.82, 2.24) is 0 Å². The van der Waals surface area contributed by atoms with Crippen LogP contribution in [-0.2, 0) is 4.74 Å². The van der Waals surface area contributed by atoms with Gasteiger partial charge in [-0.3, -0.25) is 0 Å². The fourth-order valence-electron chi connectivity index (χ4n) is 1.15. The molecule has 1 aromatic carbocycles. The first kappa shape index (κ1) is 12.3. The molecule has 0 amide bonds. The van der Waals surface area contributed by atoms with Gasteiger partial charge in [-0.1, -0.05) is 15.9 Å². The van der Waals surface area contributed by atoms with E-state index >= 15 is 0 Å². The van der Waals surface area contributed by atoms with Crippen LogP contribution in [0.15, 0.2) is 22.7 Å². The molecule has 0 N–H and O–H groups in total. The first-order valence-electron chi connectivity index (χ1n) is 4.73. The van der Waals surface area contributed by atoms with Crippen LogP contribution in [0, 0.1) is 0 Å². The summed E-state index contributed by atoms with van der Waals surface area (Å²) in [5.41, 5.74) is 0. The minimum atomic E-state index is 0.626. The molecule has 84 valence electrons. The van der Waals surface area contributed by atoms with Gasteiger partial charge in [-0.15, -0.1) is 0 Å². The molecule has 0 saturated heterocycles. The molecule has 0 saturated carbocycles. The number of ether oxygens (including phenoxy) is 3. The van der Waals surface area contributed by atoms with Crippen molar-refractivity contribution in [2.75, 3.05) is 27.4 Å². The zero-order valence-corrected chi connectivity index (χ0v) is 10.5. The molecule has 1 aromatic rings. The Bertz CT molecular complexity index is 302. The molecule has 4 heteroatoms. The Morgan fingerprint density at radius 2 is 1.93 bits per heavy atom. The zero-order chi connectivity index (χ0) is 11.1. The highest BCUT2D eigenvalue weighted by Gasteiger charge is 2.04. The summed E-state index contributed by atoms with van der Waals surface area (Å²) in [5.74, 6) is 1.50. The number of hydrogen-bond donors (Lipinski definition) is 0. The van der Waals surface area contributed by atoms with Gasteiger partial charge in [-0.05, 0) is 18.2 Å². The Balaban J connectivity index is 2.54. The van der Waals surface area contributed by atoms with Gasteiger partial charge in [-0.25, -0.2) is 0 Å². The van der Waals surface area contributed by atoms with Crippen LogP contribution >= 0.6 is 15.9 Å². The van der Waals surface area contributed by atoms with Crippen LogP contribution in [0.25, 0.3) is 0 Å². The molecule has 0 aliphatic rings. The third kappa shape index (κ3) is 4.10. The second-order valence-corrected chi connectivity index (χ2v) is 3.91. The number of benzene rings is 1. The molecule has 1 rings (SSSR count). The average Bonchev–Trinajstić information content (AvgIpc) is 2.25. The summed E-state index contributed by atoms with van der Waals surface area (Å²) in [6.45, 7) is 1.33. The van der Waals surface area contributed by atoms with Crippen LogP contribution in [0.2, 0.25) is 0 Å². The van der Waals surface area contributed by atoms with E-state index < -0.39 is 0 Å². The first-order chi connectivity index (χ1) is 7.27. The summed E-state index contributed by atoms with van der Waals surface area (Å²) < 4.78 is 16.7. The molecule has 0 aliphatic heterocycles. The number of halogens is 1. The molecule has 0 spiro atoms. The monoisotopic (exact) mass is 274 g/mol. The molecule has 0 unspecified atom stereocenters. The van der Waals surface area contributed by atoms with E-state index in [4.69, 9.17) is 14.2 Å². The molecule has 0 aromatic heterocycles. The van der Waals surface area contributed by atoms with Gasteiger partial charge in [0.1, 0.15) is 0 Å². The largest absolute Gasteiger partial charge is 0.493 e. The van der Waals surface area contributed by atoms with Crippen LogP contribution in [0.3, 0.4) is 0 Å². The maximum atomic E-state index is 5.58. The van der Waals surface area contributed by atoms with Crippen molar-refractivity contribution in [3.63, 3.8) is 0 Å². The predicted molar refractivity (Wildman–Crippen MR) is 62.7 cm³/mol. The fraction of sp³-hybridized carbons (Fsp3) is 0.455. The minimum absolute atomic E-state index is 0.626. The molecule has 0 aliphatic carbocycles. The van der Waals surface area contributed by atoms with Crippen LogP contribution in [0.4, 0.5) is 0 Å². The van der Waals surface area contributed by atoms with Gasteiger partial charge in [0.25, 0.3) is 0 Å². The maximum absolute atomic E-state index is 5.58. The Kier molecular flexibility index (Phi) is 5.50. The highest BCUT2D eigenvalue weighted by atomic mass is 79.9. The summed E-state index contributed by atoms with van der Waals surface area (Å²) in [4.78, 5) is 0. The molecule has 0 bridgehead atoms. The van der Waals surface area contributed by atoms with Gasteiger partial charge < -0.3 is 14.2 Å². The summed E-state index contributed by atoms with van der Waals surface area (Å²) in [7, 11) is 3.31. The van der Waals surface area contributed by atoms with Crippen LogP contribution in [0.1, 0.15) is 6.42 Å². The van der Waals surface area contributed by atoms with Gasteiger partial charge in [-0.2, -0.15) is 0 Å². The molecule has 0 radical (unpaired) electrons. The van der Waals surface area contributed by atoms with E-state index in [0.717, 1.165) is 22.4 Å². The standard InChI is InChI=1S/C11H15BrO3/c1-13-6-3-7-15-11-8-9(12)4-5-10(11)14-2/h4-5,8H,3,6-7H2,1-2H3. The molecule has 0 atom stereocenters. The van der Waals surface area contributed by atoms with E-state index in [2.05, 4.69) is 15.9 Å². The lowest BCUT2D eigenvalue weighted by atomic mass is 10.3. The first-order valence-corrected chi connectivity index (χ1v) is 5.52. The Morgan fingerprint density at radius 1 is 1.13 bits per heavy atom. The van der Waals surface area contributed by atoms with Crippen molar-refractivity contribution < 1.29 is 14.2 Å². The number of methoxy groups -OCH3 is 2. The lowest BCUT2D eigenvalue weighted by molar-refractivity contribution is 0.170. The molecule has 0 fully saturated rings. The highest BCUT2D eigenvalue weighted by molar-refractivity contribution is 9.10. The van der Waals surface area contributed by atoms with Crippen LogP contribution in [-0.4, -0.2) is 27.4 Å². The van der Waals surface area contributed by atoms with E-state index in [9.17, 15) is 0 Å². The normalized spacial score (nSPS) is 10.1. The highest BCUT2D eigenvalue weighted by Crippen LogP contribution is 2.30. The molecular formula is C11H15BrO3. The van der Waals surface area contributed by atoms with E-state index in [1.165, 1.54) is 0 Å². The fourth-order valence-corrected chi connectivity index (χ4v) is 1.49. The lowest BCUT2D eigenvalue weighted by Crippen LogP contribution is -2.02. The number of hydrogen-bond acceptors (Lipinski definition) is 3. The molecular weight excluding hydrogens is 260 g/mol. The van der Waals surface area contributed by atoms with Crippen molar-refractivity contribution in [3.8, 4) is 11.5 Å². The van der Waals surface area contributed by atoms with E-state index in [0.29, 0.717) is 13.2 Å². The minimum Gasteiger partial charge on any atom is -0.493 e. The Labute approximate surface area is 98.5 Å². The molecule has 15 heavy (non-hydrogen) atoms. The van der Waals surface area contributed by atoms with Gasteiger partial charge >= 0.3 is 0 Å². The summed E-state index contributed by atoms with van der Waals surface area (Å²) >= 11 is 3.39. The van der Waals surface area contributed by atoms with Gasteiger partial charge in [0.15, 0.2) is 11.5 Å². The second kappa shape index (κ2) is 6.69. The van der Waals surface area contributed by atoms with Crippen molar-refractivity contribution in [1.29, 1.82) is 0 Å². The zero-order valence-electron chi connectivity index (χ0n) is 8.96. The van der Waals surface area contributed by atoms with Crippen LogP contribution < -0.4 is 9.47 Å². The molecule has 3 nitrogen and oxygen atoms in total. The summed E-state index contributed by atoms with van der Waals surface area (Å²) in [6.07, 6.45) is 0.867. The third-order valence-electron chi connectivity index (χ3n) is 1.88. The van der Waals surface area contributed by atoms with Crippen molar-refractivity contribution in [2.24, 2.45) is 0 Å². The van der Waals surface area contributed by atoms with Crippen molar-refractivity contribution >= 4 is 15.9 Å². The van der Waals surface area contributed by atoms with E-state index in [-0.39, 0.29) is 0 Å². The number of rotatable bonds is 6.